The topological polar surface area (TPSA) is 84.2 Å². The standard InChI is InChI=1S/C10H13N3O3/c1-2-4-11-10(16)8-6-12-13(7-8)5-3-9(14)15/h2,6-7H,1,3-5H2,(H,11,16)(H,14,15). The number of carbonyl (C=O) groups is 2. The van der Waals surface area contributed by atoms with Gasteiger partial charge in [0.1, 0.15) is 0 Å². The number of carbonyl (C=O) groups excluding carboxylic acids is 1. The number of rotatable bonds is 6. The maximum absolute atomic E-state index is 11.4. The molecule has 0 fully saturated rings. The second-order valence-corrected chi connectivity index (χ2v) is 3.13. The van der Waals surface area contributed by atoms with Gasteiger partial charge in [0, 0.05) is 12.7 Å². The fourth-order valence-electron chi connectivity index (χ4n) is 1.08. The first-order valence-electron chi connectivity index (χ1n) is 4.77. The minimum atomic E-state index is -0.895. The predicted octanol–water partition coefficient (Wildman–Crippen LogP) is 0.274. The number of hydrogen-bond donors (Lipinski definition) is 2. The zero-order chi connectivity index (χ0) is 12.0. The maximum Gasteiger partial charge on any atom is 0.305 e. The van der Waals surface area contributed by atoms with Crippen molar-refractivity contribution in [3.63, 3.8) is 0 Å². The van der Waals surface area contributed by atoms with Gasteiger partial charge in [0.15, 0.2) is 0 Å². The summed E-state index contributed by atoms with van der Waals surface area (Å²) in [4.78, 5) is 21.7. The van der Waals surface area contributed by atoms with E-state index in [0.717, 1.165) is 0 Å². The fraction of sp³-hybridized carbons (Fsp3) is 0.300. The van der Waals surface area contributed by atoms with Crippen LogP contribution in [0.3, 0.4) is 0 Å². The van der Waals surface area contributed by atoms with Crippen LogP contribution in [0.25, 0.3) is 0 Å². The van der Waals surface area contributed by atoms with Crippen LogP contribution in [0.15, 0.2) is 25.0 Å². The molecule has 0 saturated carbocycles. The van der Waals surface area contributed by atoms with Gasteiger partial charge in [-0.25, -0.2) is 0 Å². The Morgan fingerprint density at radius 1 is 1.62 bits per heavy atom. The van der Waals surface area contributed by atoms with Crippen molar-refractivity contribution in [2.75, 3.05) is 6.54 Å². The minimum Gasteiger partial charge on any atom is -0.481 e. The molecule has 1 rings (SSSR count). The molecule has 0 aliphatic heterocycles. The van der Waals surface area contributed by atoms with Gasteiger partial charge < -0.3 is 10.4 Å². The zero-order valence-electron chi connectivity index (χ0n) is 8.72. The van der Waals surface area contributed by atoms with E-state index in [1.54, 1.807) is 6.08 Å². The Balaban J connectivity index is 2.53. The van der Waals surface area contributed by atoms with Crippen LogP contribution in [-0.4, -0.2) is 33.3 Å². The Morgan fingerprint density at radius 3 is 3.00 bits per heavy atom. The molecule has 0 unspecified atom stereocenters. The molecule has 0 spiro atoms. The molecule has 1 aromatic rings. The fourth-order valence-corrected chi connectivity index (χ4v) is 1.08. The van der Waals surface area contributed by atoms with Crippen molar-refractivity contribution >= 4 is 11.9 Å². The van der Waals surface area contributed by atoms with Crippen LogP contribution in [0, 0.1) is 0 Å². The van der Waals surface area contributed by atoms with Crippen molar-refractivity contribution < 1.29 is 14.7 Å². The van der Waals surface area contributed by atoms with E-state index in [9.17, 15) is 9.59 Å². The second-order valence-electron chi connectivity index (χ2n) is 3.13. The highest BCUT2D eigenvalue weighted by Gasteiger charge is 2.07. The SMILES string of the molecule is C=CCNC(=O)c1cnn(CCC(=O)O)c1. The average Bonchev–Trinajstić information content (AvgIpc) is 2.71. The molecule has 0 radical (unpaired) electrons. The van der Waals surface area contributed by atoms with Gasteiger partial charge >= 0.3 is 5.97 Å². The molecule has 2 N–H and O–H groups in total. The van der Waals surface area contributed by atoms with Gasteiger partial charge in [0.25, 0.3) is 5.91 Å². The summed E-state index contributed by atoms with van der Waals surface area (Å²) < 4.78 is 1.43. The Kier molecular flexibility index (Phi) is 4.26. The van der Waals surface area contributed by atoms with E-state index in [1.807, 2.05) is 0 Å². The first kappa shape index (κ1) is 12.0. The third kappa shape index (κ3) is 3.56. The number of amides is 1. The first-order chi connectivity index (χ1) is 7.63. The Bertz CT molecular complexity index is 398. The van der Waals surface area contributed by atoms with Gasteiger partial charge in [-0.1, -0.05) is 6.08 Å². The number of nitrogens with one attached hydrogen (secondary N) is 1. The van der Waals surface area contributed by atoms with Crippen molar-refractivity contribution in [1.82, 2.24) is 15.1 Å². The highest BCUT2D eigenvalue weighted by Crippen LogP contribution is 1.98. The molecule has 1 aromatic heterocycles. The van der Waals surface area contributed by atoms with E-state index in [-0.39, 0.29) is 18.9 Å². The molecule has 0 aliphatic rings. The van der Waals surface area contributed by atoms with Gasteiger partial charge in [-0.05, 0) is 0 Å². The van der Waals surface area contributed by atoms with Crippen molar-refractivity contribution in [2.24, 2.45) is 0 Å². The maximum atomic E-state index is 11.4. The summed E-state index contributed by atoms with van der Waals surface area (Å²) in [6.45, 7) is 4.12. The Labute approximate surface area is 92.6 Å². The number of nitrogens with zero attached hydrogens (tertiary/aromatic N) is 2. The second kappa shape index (κ2) is 5.69. The molecule has 1 heterocycles. The minimum absolute atomic E-state index is 0.0185. The third-order valence-electron chi connectivity index (χ3n) is 1.86. The molecule has 6 heteroatoms. The predicted molar refractivity (Wildman–Crippen MR) is 57.0 cm³/mol. The number of carboxylic acids is 1. The molecule has 0 aliphatic carbocycles. The number of aliphatic carboxylic acids is 1. The van der Waals surface area contributed by atoms with E-state index in [4.69, 9.17) is 5.11 Å². The summed E-state index contributed by atoms with van der Waals surface area (Å²) in [5, 5.41) is 15.0. The lowest BCUT2D eigenvalue weighted by Crippen LogP contribution is -2.22. The van der Waals surface area contributed by atoms with Crippen LogP contribution >= 0.6 is 0 Å². The summed E-state index contributed by atoms with van der Waals surface area (Å²) in [5.74, 6) is -1.14. The molecule has 16 heavy (non-hydrogen) atoms. The summed E-state index contributed by atoms with van der Waals surface area (Å²) in [7, 11) is 0. The highest BCUT2D eigenvalue weighted by molar-refractivity contribution is 5.93. The summed E-state index contributed by atoms with van der Waals surface area (Å²) >= 11 is 0. The van der Waals surface area contributed by atoms with Crippen LogP contribution in [0.5, 0.6) is 0 Å². The molecule has 0 bridgehead atoms. The molecule has 6 nitrogen and oxygen atoms in total. The van der Waals surface area contributed by atoms with E-state index >= 15 is 0 Å². The van der Waals surface area contributed by atoms with Gasteiger partial charge in [-0.15, -0.1) is 6.58 Å². The monoisotopic (exact) mass is 223 g/mol. The van der Waals surface area contributed by atoms with Crippen LogP contribution < -0.4 is 5.32 Å². The number of aromatic nitrogens is 2. The lowest BCUT2D eigenvalue weighted by Gasteiger charge is -1.98. The van der Waals surface area contributed by atoms with Crippen molar-refractivity contribution in [2.45, 2.75) is 13.0 Å². The highest BCUT2D eigenvalue weighted by atomic mass is 16.4. The van der Waals surface area contributed by atoms with Crippen LogP contribution in [0.1, 0.15) is 16.8 Å². The molecular formula is C10H13N3O3. The Hall–Kier alpha value is -2.11. The van der Waals surface area contributed by atoms with E-state index in [2.05, 4.69) is 17.0 Å². The van der Waals surface area contributed by atoms with E-state index < -0.39 is 5.97 Å². The van der Waals surface area contributed by atoms with Gasteiger partial charge in [-0.2, -0.15) is 5.10 Å². The molecule has 86 valence electrons. The van der Waals surface area contributed by atoms with Crippen molar-refractivity contribution in [3.05, 3.63) is 30.6 Å². The Morgan fingerprint density at radius 2 is 2.38 bits per heavy atom. The lowest BCUT2D eigenvalue weighted by atomic mass is 10.3. The number of hydrogen-bond acceptors (Lipinski definition) is 3. The third-order valence-corrected chi connectivity index (χ3v) is 1.86. The van der Waals surface area contributed by atoms with Gasteiger partial charge in [-0.3, -0.25) is 14.3 Å². The molecular weight excluding hydrogens is 210 g/mol. The van der Waals surface area contributed by atoms with Crippen LogP contribution in [0.2, 0.25) is 0 Å². The van der Waals surface area contributed by atoms with Crippen molar-refractivity contribution in [1.29, 1.82) is 0 Å². The van der Waals surface area contributed by atoms with E-state index in [1.165, 1.54) is 17.1 Å². The van der Waals surface area contributed by atoms with Crippen LogP contribution in [0.4, 0.5) is 0 Å². The molecule has 0 aromatic carbocycles. The molecule has 0 atom stereocenters. The normalized spacial score (nSPS) is 9.75. The first-order valence-corrected chi connectivity index (χ1v) is 4.77. The van der Waals surface area contributed by atoms with E-state index in [0.29, 0.717) is 12.1 Å². The number of carboxylic acid groups (broad SMARTS) is 1. The van der Waals surface area contributed by atoms with Gasteiger partial charge in [0.05, 0.1) is 24.7 Å². The van der Waals surface area contributed by atoms with Crippen LogP contribution in [-0.2, 0) is 11.3 Å². The summed E-state index contributed by atoms with van der Waals surface area (Å²) in [5.41, 5.74) is 0.409. The number of aryl methyl sites for hydroxylation is 1. The lowest BCUT2D eigenvalue weighted by molar-refractivity contribution is -0.137. The summed E-state index contributed by atoms with van der Waals surface area (Å²) in [6, 6.07) is 0. The van der Waals surface area contributed by atoms with Crippen molar-refractivity contribution in [3.8, 4) is 0 Å². The molecule has 1 amide bonds. The molecule has 0 saturated heterocycles. The quantitative estimate of drug-likeness (QED) is 0.678. The average molecular weight is 223 g/mol. The summed E-state index contributed by atoms with van der Waals surface area (Å²) in [6.07, 6.45) is 4.48. The smallest absolute Gasteiger partial charge is 0.305 e. The largest absolute Gasteiger partial charge is 0.481 e. The zero-order valence-corrected chi connectivity index (χ0v) is 8.72. The van der Waals surface area contributed by atoms with Gasteiger partial charge in [0.2, 0.25) is 0 Å².